The molecule has 0 bridgehead atoms. The predicted octanol–water partition coefficient (Wildman–Crippen LogP) is 19.5. The largest absolute Gasteiger partial charge is 0.462 e. The van der Waals surface area contributed by atoms with E-state index < -0.39 is 6.10 Å². The molecular formula is C63H108O6. The molecule has 0 aliphatic heterocycles. The number of carbonyl (C=O) groups excluding carboxylic acids is 3. The second-order valence-electron chi connectivity index (χ2n) is 19.2. The summed E-state index contributed by atoms with van der Waals surface area (Å²) in [6.45, 7) is 6.53. The standard InChI is InChI=1S/C63H108O6/c1-4-7-10-13-16-19-22-25-28-30-31-33-36-38-41-44-47-50-53-56-62(65)68-59-60(69-63(66)57-54-51-48-45-42-39-34-27-24-21-18-15-12-9-6-3)58-67-61(64)55-52-49-46-43-40-37-35-32-29-26-23-20-17-14-11-8-5-2/h16-17,19-20,25-26,28-29,31,33,38,41,47,50,60H,4-15,18,21-24,27,30,32,34-37,39-40,42-46,48-49,51-59H2,1-3H3/b19-16-,20-17-,28-25-,29-26-,33-31-,41-38-,50-47-/t60-/m0/s1. The molecule has 6 nitrogen and oxygen atoms in total. The van der Waals surface area contributed by atoms with Crippen LogP contribution in [0.1, 0.15) is 278 Å². The maximum absolute atomic E-state index is 12.9. The molecule has 0 saturated heterocycles. The van der Waals surface area contributed by atoms with Gasteiger partial charge in [0.25, 0.3) is 0 Å². The van der Waals surface area contributed by atoms with Crippen LogP contribution in [0.5, 0.6) is 0 Å². The van der Waals surface area contributed by atoms with Gasteiger partial charge in [0.15, 0.2) is 6.10 Å². The number of esters is 3. The van der Waals surface area contributed by atoms with Gasteiger partial charge in [0.1, 0.15) is 13.2 Å². The zero-order valence-corrected chi connectivity index (χ0v) is 45.3. The minimum atomic E-state index is -0.809. The molecule has 0 unspecified atom stereocenters. The summed E-state index contributed by atoms with van der Waals surface area (Å²) in [4.78, 5) is 38.1. The average Bonchev–Trinajstić information content (AvgIpc) is 3.35. The van der Waals surface area contributed by atoms with E-state index in [1.165, 1.54) is 154 Å². The first kappa shape index (κ1) is 65.6. The van der Waals surface area contributed by atoms with Gasteiger partial charge in [0, 0.05) is 19.3 Å². The molecule has 0 aromatic rings. The molecule has 0 amide bonds. The maximum Gasteiger partial charge on any atom is 0.306 e. The van der Waals surface area contributed by atoms with Crippen molar-refractivity contribution in [1.82, 2.24) is 0 Å². The van der Waals surface area contributed by atoms with Crippen LogP contribution in [-0.2, 0) is 28.6 Å². The maximum atomic E-state index is 12.9. The molecule has 0 aromatic heterocycles. The van der Waals surface area contributed by atoms with Crippen molar-refractivity contribution in [3.05, 3.63) is 85.1 Å². The van der Waals surface area contributed by atoms with Crippen molar-refractivity contribution in [3.63, 3.8) is 0 Å². The smallest absolute Gasteiger partial charge is 0.306 e. The summed E-state index contributed by atoms with van der Waals surface area (Å²) in [5.41, 5.74) is 0. The van der Waals surface area contributed by atoms with Crippen LogP contribution in [0.25, 0.3) is 0 Å². The minimum absolute atomic E-state index is 0.102. The van der Waals surface area contributed by atoms with Crippen molar-refractivity contribution >= 4 is 17.9 Å². The molecule has 0 aromatic carbocycles. The lowest BCUT2D eigenvalue weighted by Crippen LogP contribution is -2.30. The van der Waals surface area contributed by atoms with E-state index in [2.05, 4.69) is 99.8 Å². The zero-order valence-electron chi connectivity index (χ0n) is 45.3. The van der Waals surface area contributed by atoms with E-state index in [-0.39, 0.29) is 37.5 Å². The lowest BCUT2D eigenvalue weighted by atomic mass is 10.0. The Morgan fingerprint density at radius 3 is 0.928 bits per heavy atom. The van der Waals surface area contributed by atoms with E-state index >= 15 is 0 Å². The topological polar surface area (TPSA) is 78.9 Å². The summed E-state index contributed by atoms with van der Waals surface area (Å²) in [5, 5.41) is 0. The third kappa shape index (κ3) is 55.4. The van der Waals surface area contributed by atoms with Gasteiger partial charge in [-0.2, -0.15) is 0 Å². The highest BCUT2D eigenvalue weighted by atomic mass is 16.6. The van der Waals surface area contributed by atoms with Crippen molar-refractivity contribution < 1.29 is 28.6 Å². The van der Waals surface area contributed by atoms with Crippen LogP contribution in [-0.4, -0.2) is 37.2 Å². The highest BCUT2D eigenvalue weighted by Crippen LogP contribution is 2.15. The first-order valence-corrected chi connectivity index (χ1v) is 29.1. The molecule has 0 spiro atoms. The van der Waals surface area contributed by atoms with Gasteiger partial charge in [-0.15, -0.1) is 0 Å². The number of ether oxygens (including phenoxy) is 3. The fourth-order valence-corrected chi connectivity index (χ4v) is 7.99. The summed E-state index contributed by atoms with van der Waals surface area (Å²) in [5.74, 6) is -0.987. The summed E-state index contributed by atoms with van der Waals surface area (Å²) < 4.78 is 16.8. The zero-order chi connectivity index (χ0) is 50.0. The van der Waals surface area contributed by atoms with Gasteiger partial charge in [-0.1, -0.05) is 254 Å². The molecule has 0 radical (unpaired) electrons. The monoisotopic (exact) mass is 961 g/mol. The summed E-state index contributed by atoms with van der Waals surface area (Å²) in [6.07, 6.45) is 74.3. The Bertz CT molecular complexity index is 1330. The number of carbonyl (C=O) groups is 3. The van der Waals surface area contributed by atoms with E-state index in [9.17, 15) is 14.4 Å². The van der Waals surface area contributed by atoms with Gasteiger partial charge >= 0.3 is 17.9 Å². The normalized spacial score (nSPS) is 12.7. The van der Waals surface area contributed by atoms with Crippen LogP contribution in [0.15, 0.2) is 85.1 Å². The SMILES string of the molecule is CCCCC/C=C\C/C=C\C/C=C\C/C=C\C/C=C\CCC(=O)OC[C@H](COC(=O)CCCCCCCCC/C=C\C/C=C\CCCCC)OC(=O)CCCCCCCCCCCCCCCCC. The third-order valence-electron chi connectivity index (χ3n) is 12.4. The molecule has 0 heterocycles. The number of unbranched alkanes of at least 4 members (excludes halogenated alkanes) is 27. The predicted molar refractivity (Wildman–Crippen MR) is 297 cm³/mol. The van der Waals surface area contributed by atoms with Gasteiger partial charge in [0.2, 0.25) is 0 Å². The second-order valence-corrected chi connectivity index (χ2v) is 19.2. The first-order valence-electron chi connectivity index (χ1n) is 29.1. The Balaban J connectivity index is 4.49. The Morgan fingerprint density at radius 1 is 0.290 bits per heavy atom. The molecule has 0 saturated carbocycles. The molecule has 0 rings (SSSR count). The molecule has 0 N–H and O–H groups in total. The van der Waals surface area contributed by atoms with Crippen molar-refractivity contribution in [3.8, 4) is 0 Å². The van der Waals surface area contributed by atoms with Crippen molar-refractivity contribution in [2.75, 3.05) is 13.2 Å². The van der Waals surface area contributed by atoms with E-state index in [0.29, 0.717) is 19.3 Å². The van der Waals surface area contributed by atoms with Gasteiger partial charge in [-0.25, -0.2) is 0 Å². The Kier molecular flexibility index (Phi) is 54.3. The van der Waals surface area contributed by atoms with Gasteiger partial charge in [-0.3, -0.25) is 14.4 Å². The molecule has 1 atom stereocenters. The number of rotatable bonds is 52. The van der Waals surface area contributed by atoms with Crippen molar-refractivity contribution in [2.24, 2.45) is 0 Å². The van der Waals surface area contributed by atoms with Crippen LogP contribution in [0, 0.1) is 0 Å². The average molecular weight is 962 g/mol. The Hall–Kier alpha value is -3.41. The van der Waals surface area contributed by atoms with Crippen molar-refractivity contribution in [1.29, 1.82) is 0 Å². The second kappa shape index (κ2) is 57.2. The summed E-state index contributed by atoms with van der Waals surface area (Å²) in [6, 6.07) is 0. The third-order valence-corrected chi connectivity index (χ3v) is 12.4. The van der Waals surface area contributed by atoms with E-state index in [4.69, 9.17) is 14.2 Å². The van der Waals surface area contributed by atoms with Crippen LogP contribution < -0.4 is 0 Å². The molecular weight excluding hydrogens is 853 g/mol. The molecule has 0 fully saturated rings. The van der Waals surface area contributed by atoms with Gasteiger partial charge in [-0.05, 0) is 89.9 Å². The van der Waals surface area contributed by atoms with E-state index in [1.54, 1.807) is 0 Å². The van der Waals surface area contributed by atoms with Gasteiger partial charge in [0.05, 0.1) is 0 Å². The molecule has 69 heavy (non-hydrogen) atoms. The van der Waals surface area contributed by atoms with E-state index in [0.717, 1.165) is 77.0 Å². The van der Waals surface area contributed by atoms with E-state index in [1.807, 2.05) is 6.08 Å². The number of hydrogen-bond acceptors (Lipinski definition) is 6. The molecule has 6 heteroatoms. The highest BCUT2D eigenvalue weighted by Gasteiger charge is 2.19. The van der Waals surface area contributed by atoms with Crippen LogP contribution in [0.3, 0.4) is 0 Å². The number of allylic oxidation sites excluding steroid dienone is 14. The highest BCUT2D eigenvalue weighted by molar-refractivity contribution is 5.71. The van der Waals surface area contributed by atoms with Crippen LogP contribution >= 0.6 is 0 Å². The fraction of sp³-hybridized carbons (Fsp3) is 0.730. The first-order chi connectivity index (χ1) is 34.0. The van der Waals surface area contributed by atoms with Gasteiger partial charge < -0.3 is 14.2 Å². The number of hydrogen-bond donors (Lipinski definition) is 0. The Labute approximate surface area is 426 Å². The molecule has 0 aliphatic rings. The molecule has 396 valence electrons. The van der Waals surface area contributed by atoms with Crippen molar-refractivity contribution in [2.45, 2.75) is 284 Å². The lowest BCUT2D eigenvalue weighted by molar-refractivity contribution is -0.166. The van der Waals surface area contributed by atoms with Crippen LogP contribution in [0.4, 0.5) is 0 Å². The quantitative estimate of drug-likeness (QED) is 0.0262. The van der Waals surface area contributed by atoms with Crippen LogP contribution in [0.2, 0.25) is 0 Å². The molecule has 0 aliphatic carbocycles. The fourth-order valence-electron chi connectivity index (χ4n) is 7.99. The summed E-state index contributed by atoms with van der Waals surface area (Å²) in [7, 11) is 0. The lowest BCUT2D eigenvalue weighted by Gasteiger charge is -2.18. The minimum Gasteiger partial charge on any atom is -0.462 e. The Morgan fingerprint density at radius 2 is 0.551 bits per heavy atom. The summed E-state index contributed by atoms with van der Waals surface area (Å²) >= 11 is 0.